The van der Waals surface area contributed by atoms with E-state index in [1.54, 1.807) is 0 Å². The highest BCUT2D eigenvalue weighted by Gasteiger charge is 2.61. The van der Waals surface area contributed by atoms with Gasteiger partial charge in [-0.15, -0.1) is 0 Å². The van der Waals surface area contributed by atoms with Crippen molar-refractivity contribution in [3.05, 3.63) is 0 Å². The summed E-state index contributed by atoms with van der Waals surface area (Å²) in [6.45, 7) is 5.60. The predicted octanol–water partition coefficient (Wildman–Crippen LogP) is 2.67. The minimum Gasteiger partial charge on any atom is -0.442 e. The molecule has 0 spiro atoms. The Morgan fingerprint density at radius 3 is 2.68 bits per heavy atom. The van der Waals surface area contributed by atoms with E-state index in [1.165, 1.54) is 30.7 Å². The third kappa shape index (κ3) is 2.17. The van der Waals surface area contributed by atoms with Crippen LogP contribution in [0.3, 0.4) is 0 Å². The second-order valence-electron chi connectivity index (χ2n) is 7.76. The van der Waals surface area contributed by atoms with Gasteiger partial charge in [-0.3, -0.25) is 9.85 Å². The van der Waals surface area contributed by atoms with Crippen molar-refractivity contribution in [2.24, 2.45) is 10.3 Å². The fourth-order valence-electron chi connectivity index (χ4n) is 4.15. The number of amides is 1. The lowest BCUT2D eigenvalue weighted by atomic mass is 10.1. The molecule has 2 saturated carbocycles. The van der Waals surface area contributed by atoms with Gasteiger partial charge in [-0.1, -0.05) is 18.1 Å². The highest BCUT2D eigenvalue weighted by molar-refractivity contribution is 5.68. The van der Waals surface area contributed by atoms with E-state index in [2.05, 4.69) is 15.3 Å². The summed E-state index contributed by atoms with van der Waals surface area (Å²) in [5.74, 6) is 0. The van der Waals surface area contributed by atoms with Gasteiger partial charge in [0.15, 0.2) is 0 Å². The molecule has 0 N–H and O–H groups in total. The fourth-order valence-corrected chi connectivity index (χ4v) is 4.15. The molecule has 0 aromatic heterocycles. The zero-order valence-corrected chi connectivity index (χ0v) is 13.4. The number of fused-ring (bicyclic) bond motifs is 5. The maximum atomic E-state index is 12.4. The van der Waals surface area contributed by atoms with E-state index in [9.17, 15) is 4.79 Å². The molecule has 3 fully saturated rings. The molecule has 7 heteroatoms. The maximum absolute atomic E-state index is 12.4. The molecule has 4 atom stereocenters. The van der Waals surface area contributed by atoms with Crippen LogP contribution >= 0.6 is 0 Å². The molecule has 2 bridgehead atoms. The Kier molecular flexibility index (Phi) is 3.11. The Labute approximate surface area is 130 Å². The summed E-state index contributed by atoms with van der Waals surface area (Å²) in [5, 5.41) is 12.4. The van der Waals surface area contributed by atoms with Crippen molar-refractivity contribution in [1.29, 1.82) is 0 Å². The molecule has 2 aliphatic carbocycles. The fraction of sp³-hybridized carbons (Fsp3) is 0.933. The quantitative estimate of drug-likeness (QED) is 0.747. The lowest BCUT2D eigenvalue weighted by Gasteiger charge is -2.38. The van der Waals surface area contributed by atoms with Gasteiger partial charge in [0.1, 0.15) is 17.7 Å². The molecule has 0 aromatic carbocycles. The van der Waals surface area contributed by atoms with Crippen molar-refractivity contribution in [2.45, 2.75) is 88.7 Å². The van der Waals surface area contributed by atoms with Crippen molar-refractivity contribution in [1.82, 2.24) is 10.1 Å². The van der Waals surface area contributed by atoms with E-state index in [4.69, 9.17) is 9.57 Å². The van der Waals surface area contributed by atoms with Crippen LogP contribution in [0.4, 0.5) is 4.79 Å². The van der Waals surface area contributed by atoms with E-state index >= 15 is 0 Å². The Morgan fingerprint density at radius 1 is 1.27 bits per heavy atom. The highest BCUT2D eigenvalue weighted by atomic mass is 16.7. The number of carbonyl (C=O) groups excluding carboxylic acids is 1. The van der Waals surface area contributed by atoms with Gasteiger partial charge in [0, 0.05) is 12.5 Å². The molecule has 0 radical (unpaired) electrons. The van der Waals surface area contributed by atoms with Crippen LogP contribution in [0.1, 0.15) is 52.9 Å². The lowest BCUT2D eigenvalue weighted by Crippen LogP contribution is -2.56. The SMILES string of the molecule is CC(C)(C)OC(=O)N1O[C@H]2C[C@@H]1[C@H]1[C@@H]2N=NN1C1CCCC1. The second-order valence-corrected chi connectivity index (χ2v) is 7.76. The molecular weight excluding hydrogens is 284 g/mol. The first-order valence-electron chi connectivity index (χ1n) is 8.32. The number of ether oxygens (including phenoxy) is 1. The highest BCUT2D eigenvalue weighted by Crippen LogP contribution is 2.45. The molecule has 4 rings (SSSR count). The molecule has 0 unspecified atom stereocenters. The molecule has 22 heavy (non-hydrogen) atoms. The topological polar surface area (TPSA) is 66.7 Å². The van der Waals surface area contributed by atoms with Crippen molar-refractivity contribution < 1.29 is 14.4 Å². The van der Waals surface area contributed by atoms with Crippen LogP contribution in [-0.2, 0) is 9.57 Å². The van der Waals surface area contributed by atoms with Gasteiger partial charge in [-0.25, -0.2) is 4.79 Å². The number of hydrogen-bond donors (Lipinski definition) is 0. The van der Waals surface area contributed by atoms with Crippen molar-refractivity contribution in [3.63, 3.8) is 0 Å². The molecule has 1 saturated heterocycles. The summed E-state index contributed by atoms with van der Waals surface area (Å²) in [5.41, 5.74) is -0.517. The number of hydroxylamine groups is 2. The largest absolute Gasteiger partial charge is 0.442 e. The summed E-state index contributed by atoms with van der Waals surface area (Å²) in [4.78, 5) is 18.1. The number of rotatable bonds is 1. The van der Waals surface area contributed by atoms with Crippen molar-refractivity contribution in [3.8, 4) is 0 Å². The second kappa shape index (κ2) is 4.81. The van der Waals surface area contributed by atoms with Gasteiger partial charge in [0.25, 0.3) is 0 Å². The summed E-state index contributed by atoms with van der Waals surface area (Å²) in [6, 6.07) is 0.706. The smallest absolute Gasteiger partial charge is 0.434 e. The number of hydrogen-bond acceptors (Lipinski definition) is 6. The van der Waals surface area contributed by atoms with Crippen LogP contribution < -0.4 is 0 Å². The van der Waals surface area contributed by atoms with Gasteiger partial charge >= 0.3 is 6.09 Å². The van der Waals surface area contributed by atoms with E-state index in [1.807, 2.05) is 20.8 Å². The Bertz CT molecular complexity index is 498. The minimum atomic E-state index is -0.517. The van der Waals surface area contributed by atoms with Crippen LogP contribution in [0.25, 0.3) is 0 Å². The van der Waals surface area contributed by atoms with Crippen LogP contribution in [0.2, 0.25) is 0 Å². The van der Waals surface area contributed by atoms with Crippen LogP contribution in [0.5, 0.6) is 0 Å². The Hall–Kier alpha value is -1.37. The average Bonchev–Trinajstić information content (AvgIpc) is 3.18. The summed E-state index contributed by atoms with van der Waals surface area (Å²) >= 11 is 0. The van der Waals surface area contributed by atoms with Gasteiger partial charge in [0.2, 0.25) is 0 Å². The number of carbonyl (C=O) groups is 1. The van der Waals surface area contributed by atoms with E-state index < -0.39 is 11.7 Å². The summed E-state index contributed by atoms with van der Waals surface area (Å²) < 4.78 is 5.47. The van der Waals surface area contributed by atoms with E-state index in [-0.39, 0.29) is 24.2 Å². The summed E-state index contributed by atoms with van der Waals surface area (Å²) in [6.07, 6.45) is 5.26. The first kappa shape index (κ1) is 14.2. The molecule has 2 heterocycles. The zero-order valence-electron chi connectivity index (χ0n) is 13.4. The first-order valence-corrected chi connectivity index (χ1v) is 8.32. The first-order chi connectivity index (χ1) is 10.4. The molecular formula is C15H24N4O3. The molecule has 7 nitrogen and oxygen atoms in total. The normalized spacial score (nSPS) is 37.2. The van der Waals surface area contributed by atoms with Crippen LogP contribution in [0, 0.1) is 0 Å². The molecule has 0 aromatic rings. The molecule has 1 amide bonds. The zero-order chi connectivity index (χ0) is 15.5. The average molecular weight is 308 g/mol. The monoisotopic (exact) mass is 308 g/mol. The van der Waals surface area contributed by atoms with E-state index in [0.29, 0.717) is 6.04 Å². The standard InChI is InChI=1S/C15H24N4O3/c1-15(2,3)21-14(20)19-10-8-11(22-19)12-13(10)18(17-16-12)9-6-4-5-7-9/h9-13H,4-8H2,1-3H3/t10-,11+,12-,13+/m1/s1. The molecule has 2 aliphatic heterocycles. The van der Waals surface area contributed by atoms with Crippen LogP contribution in [-0.4, -0.2) is 52.0 Å². The molecule has 122 valence electrons. The third-order valence-corrected chi connectivity index (χ3v) is 5.01. The van der Waals surface area contributed by atoms with Gasteiger partial charge in [-0.2, -0.15) is 10.2 Å². The predicted molar refractivity (Wildman–Crippen MR) is 77.9 cm³/mol. The van der Waals surface area contributed by atoms with Gasteiger partial charge in [0.05, 0.1) is 12.1 Å². The third-order valence-electron chi connectivity index (χ3n) is 5.01. The molecule has 4 aliphatic rings. The lowest BCUT2D eigenvalue weighted by molar-refractivity contribution is -0.186. The minimum absolute atomic E-state index is 0.000417. The number of nitrogens with zero attached hydrogens (tertiary/aromatic N) is 4. The summed E-state index contributed by atoms with van der Waals surface area (Å²) in [7, 11) is 0. The van der Waals surface area contributed by atoms with Crippen molar-refractivity contribution in [2.75, 3.05) is 0 Å². The van der Waals surface area contributed by atoms with Crippen molar-refractivity contribution >= 4 is 6.09 Å². The maximum Gasteiger partial charge on any atom is 0.434 e. The van der Waals surface area contributed by atoms with Gasteiger partial charge in [-0.05, 0) is 33.6 Å². The van der Waals surface area contributed by atoms with Crippen LogP contribution in [0.15, 0.2) is 10.3 Å². The van der Waals surface area contributed by atoms with E-state index in [0.717, 1.165) is 6.42 Å². The van der Waals surface area contributed by atoms with Gasteiger partial charge < -0.3 is 4.74 Å². The Balaban J connectivity index is 1.50. The Morgan fingerprint density at radius 2 is 2.00 bits per heavy atom.